The number of carbonyl (C=O) groups is 1. The van der Waals surface area contributed by atoms with Gasteiger partial charge in [-0.2, -0.15) is 0 Å². The van der Waals surface area contributed by atoms with Gasteiger partial charge in [-0.05, 0) is 11.5 Å². The van der Waals surface area contributed by atoms with Gasteiger partial charge in [0.05, 0.1) is 12.5 Å². The fraction of sp³-hybridized carbons (Fsp3) is 0.562. The lowest BCUT2D eigenvalue weighted by Gasteiger charge is -2.27. The van der Waals surface area contributed by atoms with Gasteiger partial charge in [0.2, 0.25) is 0 Å². The molecule has 1 atom stereocenters. The van der Waals surface area contributed by atoms with Gasteiger partial charge in [-0.15, -0.1) is 0 Å². The summed E-state index contributed by atoms with van der Waals surface area (Å²) in [6.45, 7) is 7.04. The predicted octanol–water partition coefficient (Wildman–Crippen LogP) is 2.46. The third kappa shape index (κ3) is 5.72. The van der Waals surface area contributed by atoms with Gasteiger partial charge in [0, 0.05) is 26.7 Å². The molecule has 0 spiro atoms. The average Bonchev–Trinajstić information content (AvgIpc) is 2.41. The molecular weight excluding hydrogens is 254 g/mol. The van der Waals surface area contributed by atoms with Crippen molar-refractivity contribution in [1.82, 2.24) is 4.90 Å². The fourth-order valence-corrected chi connectivity index (χ4v) is 2.26. The minimum Gasteiger partial charge on any atom is -0.481 e. The topological polar surface area (TPSA) is 49.8 Å². The molecule has 1 N–H and O–H groups in total. The Morgan fingerprint density at radius 1 is 1.25 bits per heavy atom. The lowest BCUT2D eigenvalue weighted by Crippen LogP contribution is -2.36. The number of aliphatic carboxylic acids is 1. The highest BCUT2D eigenvalue weighted by Crippen LogP contribution is 2.18. The number of nitrogens with zero attached hydrogens (tertiary/aromatic N) is 1. The summed E-state index contributed by atoms with van der Waals surface area (Å²) in [5.41, 5.74) is 0.853. The Hall–Kier alpha value is -1.39. The third-order valence-electron chi connectivity index (χ3n) is 3.18. The second-order valence-electron chi connectivity index (χ2n) is 5.45. The molecule has 0 aromatic heterocycles. The number of carboxylic acid groups (broad SMARTS) is 1. The third-order valence-corrected chi connectivity index (χ3v) is 3.18. The Kier molecular flexibility index (Phi) is 7.26. The largest absolute Gasteiger partial charge is 0.481 e. The van der Waals surface area contributed by atoms with Gasteiger partial charge in [0.25, 0.3) is 0 Å². The Morgan fingerprint density at radius 2 is 1.90 bits per heavy atom. The van der Waals surface area contributed by atoms with Crippen LogP contribution >= 0.6 is 0 Å². The van der Waals surface area contributed by atoms with Crippen LogP contribution < -0.4 is 0 Å². The lowest BCUT2D eigenvalue weighted by atomic mass is 9.98. The minimum absolute atomic E-state index is 0.494. The zero-order chi connectivity index (χ0) is 15.0. The van der Waals surface area contributed by atoms with Crippen LogP contribution in [0.1, 0.15) is 25.3 Å². The highest BCUT2D eigenvalue weighted by atomic mass is 16.5. The van der Waals surface area contributed by atoms with Crippen LogP contribution in [0, 0.1) is 5.92 Å². The fourth-order valence-electron chi connectivity index (χ4n) is 2.26. The van der Waals surface area contributed by atoms with E-state index < -0.39 is 11.9 Å². The first kappa shape index (κ1) is 16.7. The average molecular weight is 279 g/mol. The number of methoxy groups -OCH3 is 1. The summed E-state index contributed by atoms with van der Waals surface area (Å²) in [5.74, 6) is -0.772. The molecule has 0 heterocycles. The van der Waals surface area contributed by atoms with E-state index in [-0.39, 0.29) is 0 Å². The van der Waals surface area contributed by atoms with Crippen molar-refractivity contribution in [2.75, 3.05) is 33.4 Å². The van der Waals surface area contributed by atoms with Gasteiger partial charge in [0.15, 0.2) is 0 Å². The van der Waals surface area contributed by atoms with Gasteiger partial charge in [-0.25, -0.2) is 0 Å². The molecule has 0 amide bonds. The monoisotopic (exact) mass is 279 g/mol. The molecule has 0 saturated heterocycles. The van der Waals surface area contributed by atoms with E-state index in [0.717, 1.165) is 18.7 Å². The molecule has 1 aromatic rings. The molecule has 1 unspecified atom stereocenters. The second kappa shape index (κ2) is 8.72. The summed E-state index contributed by atoms with van der Waals surface area (Å²) in [6, 6.07) is 9.42. The van der Waals surface area contributed by atoms with E-state index >= 15 is 0 Å². The van der Waals surface area contributed by atoms with Crippen molar-refractivity contribution in [2.45, 2.75) is 19.8 Å². The van der Waals surface area contributed by atoms with E-state index in [1.165, 1.54) is 0 Å². The molecule has 4 heteroatoms. The molecule has 0 aliphatic rings. The summed E-state index contributed by atoms with van der Waals surface area (Å²) in [7, 11) is 1.67. The van der Waals surface area contributed by atoms with E-state index in [4.69, 9.17) is 4.74 Å². The van der Waals surface area contributed by atoms with Crippen molar-refractivity contribution in [2.24, 2.45) is 5.92 Å². The number of hydrogen-bond donors (Lipinski definition) is 1. The maximum atomic E-state index is 11.5. The van der Waals surface area contributed by atoms with Crippen molar-refractivity contribution in [1.29, 1.82) is 0 Å². The van der Waals surface area contributed by atoms with E-state index in [9.17, 15) is 9.90 Å². The van der Waals surface area contributed by atoms with Crippen LogP contribution in [0.2, 0.25) is 0 Å². The molecule has 0 radical (unpaired) electrons. The molecule has 0 fully saturated rings. The van der Waals surface area contributed by atoms with Gasteiger partial charge in [-0.3, -0.25) is 9.69 Å². The summed E-state index contributed by atoms with van der Waals surface area (Å²) < 4.78 is 5.11. The van der Waals surface area contributed by atoms with Crippen LogP contribution in [-0.2, 0) is 9.53 Å². The predicted molar refractivity (Wildman–Crippen MR) is 80.0 cm³/mol. The second-order valence-corrected chi connectivity index (χ2v) is 5.45. The Morgan fingerprint density at radius 3 is 2.40 bits per heavy atom. The Balaban J connectivity index is 2.77. The number of hydrogen-bond acceptors (Lipinski definition) is 3. The van der Waals surface area contributed by atoms with E-state index in [1.807, 2.05) is 30.3 Å². The standard InChI is InChI=1S/C16H25NO3/c1-13(2)11-17(9-10-20-3)12-15(16(18)19)14-7-5-4-6-8-14/h4-8,13,15H,9-12H2,1-3H3,(H,18,19). The first-order valence-electron chi connectivity index (χ1n) is 7.03. The van der Waals surface area contributed by atoms with Crippen molar-refractivity contribution in [3.05, 3.63) is 35.9 Å². The number of carboxylic acids is 1. The Labute approximate surface area is 121 Å². The lowest BCUT2D eigenvalue weighted by molar-refractivity contribution is -0.139. The molecular formula is C16H25NO3. The molecule has 112 valence electrons. The molecule has 4 nitrogen and oxygen atoms in total. The van der Waals surface area contributed by atoms with E-state index in [0.29, 0.717) is 19.1 Å². The number of rotatable bonds is 9. The van der Waals surface area contributed by atoms with Crippen molar-refractivity contribution in [3.63, 3.8) is 0 Å². The molecule has 0 bridgehead atoms. The minimum atomic E-state index is -0.776. The van der Waals surface area contributed by atoms with Crippen molar-refractivity contribution in [3.8, 4) is 0 Å². The normalized spacial score (nSPS) is 12.8. The van der Waals surface area contributed by atoms with Crippen LogP contribution in [0.25, 0.3) is 0 Å². The quantitative estimate of drug-likeness (QED) is 0.754. The van der Waals surface area contributed by atoms with Gasteiger partial charge >= 0.3 is 5.97 Å². The van der Waals surface area contributed by atoms with Crippen LogP contribution in [0.15, 0.2) is 30.3 Å². The number of ether oxygens (including phenoxy) is 1. The highest BCUT2D eigenvalue weighted by Gasteiger charge is 2.23. The van der Waals surface area contributed by atoms with E-state index in [1.54, 1.807) is 7.11 Å². The zero-order valence-corrected chi connectivity index (χ0v) is 12.6. The van der Waals surface area contributed by atoms with Gasteiger partial charge in [0.1, 0.15) is 0 Å². The maximum absolute atomic E-state index is 11.5. The molecule has 1 aromatic carbocycles. The SMILES string of the molecule is COCCN(CC(C)C)CC(C(=O)O)c1ccccc1. The van der Waals surface area contributed by atoms with Crippen LogP contribution in [0.5, 0.6) is 0 Å². The zero-order valence-electron chi connectivity index (χ0n) is 12.6. The number of benzene rings is 1. The maximum Gasteiger partial charge on any atom is 0.312 e. The first-order chi connectivity index (χ1) is 9.54. The molecule has 20 heavy (non-hydrogen) atoms. The summed E-state index contributed by atoms with van der Waals surface area (Å²) in [4.78, 5) is 13.7. The molecule has 1 rings (SSSR count). The van der Waals surface area contributed by atoms with Gasteiger partial charge in [-0.1, -0.05) is 44.2 Å². The van der Waals surface area contributed by atoms with Crippen LogP contribution in [0.4, 0.5) is 0 Å². The summed E-state index contributed by atoms with van der Waals surface area (Å²) >= 11 is 0. The van der Waals surface area contributed by atoms with Crippen molar-refractivity contribution < 1.29 is 14.6 Å². The molecule has 0 saturated carbocycles. The van der Waals surface area contributed by atoms with Crippen LogP contribution in [0.3, 0.4) is 0 Å². The van der Waals surface area contributed by atoms with Gasteiger partial charge < -0.3 is 9.84 Å². The Bertz CT molecular complexity index is 392. The molecule has 0 aliphatic heterocycles. The highest BCUT2D eigenvalue weighted by molar-refractivity contribution is 5.76. The van der Waals surface area contributed by atoms with Crippen molar-refractivity contribution >= 4 is 5.97 Å². The molecule has 0 aliphatic carbocycles. The van der Waals surface area contributed by atoms with E-state index in [2.05, 4.69) is 18.7 Å². The first-order valence-corrected chi connectivity index (χ1v) is 7.03. The smallest absolute Gasteiger partial charge is 0.312 e. The summed E-state index contributed by atoms with van der Waals surface area (Å²) in [5, 5.41) is 9.48. The van der Waals surface area contributed by atoms with Crippen LogP contribution in [-0.4, -0.2) is 49.3 Å². The summed E-state index contributed by atoms with van der Waals surface area (Å²) in [6.07, 6.45) is 0.